The minimum atomic E-state index is -0.0433. The molecule has 0 bridgehead atoms. The van der Waals surface area contributed by atoms with Crippen LogP contribution in [0.1, 0.15) is 5.56 Å². The Morgan fingerprint density at radius 2 is 2.00 bits per heavy atom. The number of carbonyl (C=O) groups excluding carboxylic acids is 1. The second-order valence-corrected chi connectivity index (χ2v) is 6.48. The number of amides is 1. The van der Waals surface area contributed by atoms with E-state index in [0.29, 0.717) is 32.8 Å². The summed E-state index contributed by atoms with van der Waals surface area (Å²) >= 11 is 0. The number of aromatic nitrogens is 1. The highest BCUT2D eigenvalue weighted by Crippen LogP contribution is 2.28. The van der Waals surface area contributed by atoms with E-state index in [-0.39, 0.29) is 12.0 Å². The zero-order chi connectivity index (χ0) is 17.2. The first-order valence-electron chi connectivity index (χ1n) is 8.64. The van der Waals surface area contributed by atoms with Crippen molar-refractivity contribution in [1.29, 1.82) is 0 Å². The van der Waals surface area contributed by atoms with Crippen LogP contribution in [0.4, 0.5) is 0 Å². The third kappa shape index (κ3) is 3.25. The molecule has 0 aliphatic carbocycles. The van der Waals surface area contributed by atoms with Crippen molar-refractivity contribution >= 4 is 27.7 Å². The van der Waals surface area contributed by atoms with Crippen molar-refractivity contribution in [1.82, 2.24) is 9.88 Å². The first-order valence-corrected chi connectivity index (χ1v) is 8.64. The second-order valence-electron chi connectivity index (χ2n) is 6.48. The minimum absolute atomic E-state index is 0.00811. The molecular weight excluding hydrogens is 316 g/mol. The molecule has 1 N–H and O–H groups in total. The van der Waals surface area contributed by atoms with Crippen LogP contribution < -0.4 is 5.32 Å². The van der Waals surface area contributed by atoms with Crippen LogP contribution in [0.25, 0.3) is 21.8 Å². The zero-order valence-electron chi connectivity index (χ0n) is 14.3. The molecule has 1 atom stereocenters. The molecule has 2 aromatic carbocycles. The topological polar surface area (TPSA) is 52.5 Å². The van der Waals surface area contributed by atoms with E-state index in [1.165, 1.54) is 21.8 Å². The first kappa shape index (κ1) is 16.1. The van der Waals surface area contributed by atoms with Gasteiger partial charge in [-0.3, -0.25) is 4.79 Å². The molecule has 25 heavy (non-hydrogen) atoms. The van der Waals surface area contributed by atoms with E-state index < -0.39 is 0 Å². The average molecular weight is 338 g/mol. The van der Waals surface area contributed by atoms with Crippen molar-refractivity contribution in [2.45, 2.75) is 12.5 Å². The lowest BCUT2D eigenvalue weighted by Crippen LogP contribution is -2.40. The highest BCUT2D eigenvalue weighted by molar-refractivity contribution is 6.08. The van der Waals surface area contributed by atoms with Gasteiger partial charge in [-0.05, 0) is 23.8 Å². The highest BCUT2D eigenvalue weighted by atomic mass is 16.6. The number of carbonyl (C=O) groups is 1. The summed E-state index contributed by atoms with van der Waals surface area (Å²) in [6, 6.07) is 14.6. The number of aryl methyl sites for hydroxylation is 1. The Kier molecular flexibility index (Phi) is 4.42. The van der Waals surface area contributed by atoms with Crippen LogP contribution >= 0.6 is 0 Å². The molecule has 0 unspecified atom stereocenters. The molecule has 0 spiro atoms. The quantitative estimate of drug-likeness (QED) is 0.795. The fraction of sp³-hybridized carbons (Fsp3) is 0.350. The summed E-state index contributed by atoms with van der Waals surface area (Å²) in [7, 11) is 2.07. The Labute approximate surface area is 146 Å². The molecular formula is C20H22N2O3. The molecule has 130 valence electrons. The SMILES string of the molecule is Cn1c2ccccc2c2cc(CC(=O)NC[C@H]3COCCO3)ccc21. The van der Waals surface area contributed by atoms with Crippen LogP contribution in [-0.2, 0) is 27.7 Å². The van der Waals surface area contributed by atoms with Gasteiger partial charge in [-0.2, -0.15) is 0 Å². The third-order valence-electron chi connectivity index (χ3n) is 4.75. The van der Waals surface area contributed by atoms with E-state index in [9.17, 15) is 4.79 Å². The van der Waals surface area contributed by atoms with Crippen molar-refractivity contribution in [2.75, 3.05) is 26.4 Å². The number of hydrogen-bond acceptors (Lipinski definition) is 3. The molecule has 1 amide bonds. The Bertz CT molecular complexity index is 910. The van der Waals surface area contributed by atoms with Gasteiger partial charge in [-0.15, -0.1) is 0 Å². The molecule has 1 aliphatic rings. The Morgan fingerprint density at radius 3 is 2.84 bits per heavy atom. The second kappa shape index (κ2) is 6.86. The standard InChI is InChI=1S/C20H22N2O3/c1-22-18-5-3-2-4-16(18)17-10-14(6-7-19(17)22)11-20(23)21-12-15-13-24-8-9-25-15/h2-7,10,15H,8-9,11-13H2,1H3,(H,21,23)/t15-/m0/s1. The van der Waals surface area contributed by atoms with Gasteiger partial charge in [-0.1, -0.05) is 24.3 Å². The predicted molar refractivity (Wildman–Crippen MR) is 97.7 cm³/mol. The van der Waals surface area contributed by atoms with E-state index >= 15 is 0 Å². The normalized spacial score (nSPS) is 17.9. The number of hydrogen-bond donors (Lipinski definition) is 1. The third-order valence-corrected chi connectivity index (χ3v) is 4.75. The van der Waals surface area contributed by atoms with E-state index in [0.717, 1.165) is 5.56 Å². The van der Waals surface area contributed by atoms with E-state index in [2.05, 4.69) is 41.2 Å². The van der Waals surface area contributed by atoms with Crippen molar-refractivity contribution in [2.24, 2.45) is 7.05 Å². The van der Waals surface area contributed by atoms with Crippen LogP contribution in [-0.4, -0.2) is 42.9 Å². The molecule has 1 aliphatic heterocycles. The van der Waals surface area contributed by atoms with Gasteiger partial charge in [0.15, 0.2) is 0 Å². The first-order chi connectivity index (χ1) is 12.2. The van der Waals surface area contributed by atoms with Gasteiger partial charge >= 0.3 is 0 Å². The van der Waals surface area contributed by atoms with Crippen molar-refractivity contribution in [3.63, 3.8) is 0 Å². The fourth-order valence-corrected chi connectivity index (χ4v) is 3.46. The van der Waals surface area contributed by atoms with Crippen molar-refractivity contribution in [3.8, 4) is 0 Å². The Hall–Kier alpha value is -2.37. The summed E-state index contributed by atoms with van der Waals surface area (Å²) in [6.07, 6.45) is 0.325. The van der Waals surface area contributed by atoms with E-state index in [1.807, 2.05) is 18.2 Å². The summed E-state index contributed by atoms with van der Waals surface area (Å²) in [6.45, 7) is 2.27. The Balaban J connectivity index is 1.49. The van der Waals surface area contributed by atoms with Gasteiger partial charge in [0, 0.05) is 35.4 Å². The highest BCUT2D eigenvalue weighted by Gasteiger charge is 2.15. The van der Waals surface area contributed by atoms with Gasteiger partial charge in [-0.25, -0.2) is 0 Å². The number of nitrogens with one attached hydrogen (secondary N) is 1. The van der Waals surface area contributed by atoms with Gasteiger partial charge in [0.2, 0.25) is 5.91 Å². The number of benzene rings is 2. The molecule has 1 saturated heterocycles. The summed E-state index contributed by atoms with van der Waals surface area (Å²) in [5.41, 5.74) is 3.40. The fourth-order valence-electron chi connectivity index (χ4n) is 3.46. The van der Waals surface area contributed by atoms with E-state index in [1.54, 1.807) is 0 Å². The summed E-state index contributed by atoms with van der Waals surface area (Å²) in [5, 5.41) is 5.35. The molecule has 5 nitrogen and oxygen atoms in total. The lowest BCUT2D eigenvalue weighted by Gasteiger charge is -2.23. The zero-order valence-corrected chi connectivity index (χ0v) is 14.3. The molecule has 0 saturated carbocycles. The van der Waals surface area contributed by atoms with Crippen LogP contribution in [0.15, 0.2) is 42.5 Å². The van der Waals surface area contributed by atoms with Crippen LogP contribution in [0.3, 0.4) is 0 Å². The number of fused-ring (bicyclic) bond motifs is 3. The minimum Gasteiger partial charge on any atom is -0.376 e. The maximum Gasteiger partial charge on any atom is 0.224 e. The molecule has 1 aromatic heterocycles. The monoisotopic (exact) mass is 338 g/mol. The molecule has 0 radical (unpaired) electrons. The maximum absolute atomic E-state index is 12.2. The number of nitrogens with zero attached hydrogens (tertiary/aromatic N) is 1. The lowest BCUT2D eigenvalue weighted by molar-refractivity contribution is -0.123. The smallest absolute Gasteiger partial charge is 0.224 e. The Morgan fingerprint density at radius 1 is 1.16 bits per heavy atom. The summed E-state index contributed by atoms with van der Waals surface area (Å²) < 4.78 is 13.1. The predicted octanol–water partition coefficient (Wildman–Crippen LogP) is 2.41. The van der Waals surface area contributed by atoms with Crippen LogP contribution in [0, 0.1) is 0 Å². The van der Waals surface area contributed by atoms with Crippen molar-refractivity contribution < 1.29 is 14.3 Å². The summed E-state index contributed by atoms with van der Waals surface area (Å²) in [5.74, 6) is 0.00811. The lowest BCUT2D eigenvalue weighted by atomic mass is 10.1. The average Bonchev–Trinajstić information content (AvgIpc) is 2.93. The number of rotatable bonds is 4. The van der Waals surface area contributed by atoms with Crippen LogP contribution in [0.2, 0.25) is 0 Å². The van der Waals surface area contributed by atoms with Crippen LogP contribution in [0.5, 0.6) is 0 Å². The largest absolute Gasteiger partial charge is 0.376 e. The number of ether oxygens (including phenoxy) is 2. The van der Waals surface area contributed by atoms with Gasteiger partial charge in [0.05, 0.1) is 32.3 Å². The maximum atomic E-state index is 12.2. The summed E-state index contributed by atoms with van der Waals surface area (Å²) in [4.78, 5) is 12.2. The number of para-hydroxylation sites is 1. The molecule has 1 fully saturated rings. The van der Waals surface area contributed by atoms with Gasteiger partial charge in [0.25, 0.3) is 0 Å². The van der Waals surface area contributed by atoms with E-state index in [4.69, 9.17) is 9.47 Å². The molecule has 4 rings (SSSR count). The van der Waals surface area contributed by atoms with Crippen molar-refractivity contribution in [3.05, 3.63) is 48.0 Å². The molecule has 5 heteroatoms. The van der Waals surface area contributed by atoms with Gasteiger partial charge in [0.1, 0.15) is 0 Å². The molecule has 2 heterocycles. The van der Waals surface area contributed by atoms with Gasteiger partial charge < -0.3 is 19.4 Å². The molecule has 3 aromatic rings.